The van der Waals surface area contributed by atoms with Crippen LogP contribution >= 0.6 is 0 Å². The molecule has 13 rings (SSSR count). The third kappa shape index (κ3) is 15.0. The summed E-state index contributed by atoms with van der Waals surface area (Å²) in [5.41, 5.74) is -0.906. The lowest BCUT2D eigenvalue weighted by Crippen LogP contribution is -2.66. The summed E-state index contributed by atoms with van der Waals surface area (Å²) in [5.74, 6) is 0.363. The summed E-state index contributed by atoms with van der Waals surface area (Å²) in [6, 6.07) is 0. The molecule has 0 aromatic rings. The second kappa shape index (κ2) is 26.0. The Balaban J connectivity index is 0.000000153. The molecule has 8 atom stereocenters. The van der Waals surface area contributed by atoms with Crippen LogP contribution in [0, 0.1) is 47.3 Å². The third-order valence-electron chi connectivity index (χ3n) is 19.5. The van der Waals surface area contributed by atoms with E-state index in [1.807, 2.05) is 0 Å². The monoisotopic (exact) mass is 1200 g/mol. The van der Waals surface area contributed by atoms with Gasteiger partial charge in [0.2, 0.25) is 6.10 Å². The van der Waals surface area contributed by atoms with E-state index in [4.69, 9.17) is 32.6 Å². The Morgan fingerprint density at radius 3 is 1.64 bits per heavy atom. The molecule has 0 aromatic heterocycles. The number of rotatable bonds is 14. The number of fused-ring (bicyclic) bond motifs is 1. The van der Waals surface area contributed by atoms with Crippen molar-refractivity contribution >= 4 is 51.9 Å². The molecule has 2 saturated heterocycles. The normalized spacial score (nSPS) is 36.4. The Hall–Kier alpha value is -5.18. The van der Waals surface area contributed by atoms with Crippen LogP contribution in [-0.2, 0) is 81.0 Å². The second-order valence-electron chi connectivity index (χ2n) is 27.0. The number of aliphatic hydroxyl groups is 2. The standard InChI is InChI=1S/C17H26O2.C14H20O4.C13H16O7S.C12H20O2.C8H10O4/c1-10(2)16(18)19-17(11(3)4)14-6-12-5-13(8-14)9-15(17)7-12;1-9(2)11(15)18-14-5-10-3-12(16,7-14)6-13(17,4-10)8-14;1-6(2)13(15)18-5-10(14)19-11-7-3-8-9(4-7)21(16,17)20-12(8)11;1-4-12(8-6-5-7-9-12)14-11(13)10(2)3;1-5(2)7(9)12-6-3-4-11-8(6)10/h11-15H,1,5-9H2,2-4H3;10,16-17H,1,3-8H2,2H3;7-9,11-12H,1,3-5H2,2H3;2,4-9H2,1,3H3;6H,1,3-4H2,2H3. The minimum absolute atomic E-state index is 0.00284. The van der Waals surface area contributed by atoms with E-state index in [9.17, 15) is 52.2 Å². The number of cyclic esters (lactones) is 1. The molecule has 11 saturated carbocycles. The van der Waals surface area contributed by atoms with E-state index < -0.39 is 86.9 Å². The van der Waals surface area contributed by atoms with Crippen LogP contribution in [0.1, 0.15) is 184 Å². The summed E-state index contributed by atoms with van der Waals surface area (Å²) < 4.78 is 65.2. The predicted molar refractivity (Wildman–Crippen MR) is 307 cm³/mol. The van der Waals surface area contributed by atoms with Crippen LogP contribution in [0.3, 0.4) is 0 Å². The van der Waals surface area contributed by atoms with Gasteiger partial charge < -0.3 is 43.4 Å². The molecule has 8 unspecified atom stereocenters. The molecule has 11 aliphatic carbocycles. The molecule has 20 heteroatoms. The highest BCUT2D eigenvalue weighted by molar-refractivity contribution is 7.87. The summed E-state index contributed by atoms with van der Waals surface area (Å²) in [7, 11) is -3.53. The van der Waals surface area contributed by atoms with Crippen LogP contribution in [0.25, 0.3) is 0 Å². The first-order valence-electron chi connectivity index (χ1n) is 30.2. The number of carbonyl (C=O) groups is 7. The van der Waals surface area contributed by atoms with Crippen molar-refractivity contribution < 1.29 is 89.5 Å². The SMILES string of the molecule is C=C(C)C(=O)OC1(C(C)C)C2CC3CC(C2)CC1C3.C=C(C)C(=O)OC1(CC)CCCCC1.C=C(C)C(=O)OC12CC3CC(O)(CC(O)(C3)C1)C2.C=C(C)C(=O)OC1CCOC1=O.C=C(C)C(=O)OCC(=O)OC1C2CC3C1OS(=O)(=O)C3C2. The molecule has 13 aliphatic rings. The van der Waals surface area contributed by atoms with E-state index in [-0.39, 0.29) is 52.0 Å². The van der Waals surface area contributed by atoms with Gasteiger partial charge in [0, 0.05) is 65.4 Å². The smallest absolute Gasteiger partial charge is 0.347 e. The Morgan fingerprint density at radius 1 is 0.643 bits per heavy atom. The van der Waals surface area contributed by atoms with Gasteiger partial charge in [-0.3, -0.25) is 4.18 Å². The summed E-state index contributed by atoms with van der Waals surface area (Å²) in [6.45, 7) is 32.2. The predicted octanol–water partition coefficient (Wildman–Crippen LogP) is 9.06. The first-order chi connectivity index (χ1) is 39.2. The summed E-state index contributed by atoms with van der Waals surface area (Å²) >= 11 is 0. The molecule has 0 amide bonds. The molecule has 468 valence electrons. The lowest BCUT2D eigenvalue weighted by atomic mass is 9.47. The van der Waals surface area contributed by atoms with Gasteiger partial charge in [-0.05, 0) is 166 Å². The van der Waals surface area contributed by atoms with Gasteiger partial charge in [0.25, 0.3) is 10.1 Å². The number of hydrogen-bond acceptors (Lipinski definition) is 19. The van der Waals surface area contributed by atoms with Gasteiger partial charge in [0.1, 0.15) is 29.0 Å². The molecular formula is C64H92O19S. The lowest BCUT2D eigenvalue weighted by molar-refractivity contribution is -0.260. The van der Waals surface area contributed by atoms with Crippen molar-refractivity contribution in [3.05, 3.63) is 60.8 Å². The molecule has 10 bridgehead atoms. The molecule has 0 spiro atoms. The fourth-order valence-electron chi connectivity index (χ4n) is 16.3. The highest BCUT2D eigenvalue weighted by atomic mass is 32.2. The van der Waals surface area contributed by atoms with Crippen molar-refractivity contribution in [3.8, 4) is 0 Å². The van der Waals surface area contributed by atoms with Crippen molar-refractivity contribution in [2.75, 3.05) is 13.2 Å². The maximum absolute atomic E-state index is 12.1. The van der Waals surface area contributed by atoms with Crippen LogP contribution in [0.2, 0.25) is 0 Å². The molecule has 2 N–H and O–H groups in total. The van der Waals surface area contributed by atoms with E-state index in [1.54, 1.807) is 20.8 Å². The van der Waals surface area contributed by atoms with Gasteiger partial charge in [-0.25, -0.2) is 33.6 Å². The number of hydrogen-bond donors (Lipinski definition) is 2. The van der Waals surface area contributed by atoms with Crippen LogP contribution < -0.4 is 0 Å². The highest BCUT2D eigenvalue weighted by Gasteiger charge is 2.67. The van der Waals surface area contributed by atoms with Gasteiger partial charge in [0.15, 0.2) is 6.61 Å². The Labute approximate surface area is 496 Å². The summed E-state index contributed by atoms with van der Waals surface area (Å²) in [5, 5.41) is 20.6. The molecule has 19 nitrogen and oxygen atoms in total. The minimum Gasteiger partial charge on any atom is -0.463 e. The van der Waals surface area contributed by atoms with E-state index in [0.29, 0.717) is 79.6 Å². The van der Waals surface area contributed by atoms with Crippen LogP contribution in [0.4, 0.5) is 0 Å². The third-order valence-corrected chi connectivity index (χ3v) is 21.2. The average molecular weight is 1200 g/mol. The Kier molecular flexibility index (Phi) is 20.6. The minimum atomic E-state index is -3.53. The second-order valence-corrected chi connectivity index (χ2v) is 28.8. The van der Waals surface area contributed by atoms with Crippen LogP contribution in [0.5, 0.6) is 0 Å². The summed E-state index contributed by atoms with van der Waals surface area (Å²) in [6.07, 6.45) is 16.4. The van der Waals surface area contributed by atoms with Gasteiger partial charge in [-0.2, -0.15) is 8.42 Å². The van der Waals surface area contributed by atoms with E-state index in [1.165, 1.54) is 65.2 Å². The molecule has 0 aromatic carbocycles. The Bertz CT molecular complexity index is 2680. The molecule has 0 radical (unpaired) electrons. The van der Waals surface area contributed by atoms with E-state index in [0.717, 1.165) is 50.4 Å². The number of ether oxygens (including phenoxy) is 7. The zero-order chi connectivity index (χ0) is 62.1. The highest BCUT2D eigenvalue weighted by Crippen LogP contribution is 2.63. The maximum Gasteiger partial charge on any atom is 0.347 e. The fourth-order valence-corrected chi connectivity index (χ4v) is 18.2. The van der Waals surface area contributed by atoms with Crippen molar-refractivity contribution in [2.45, 2.75) is 235 Å². The van der Waals surface area contributed by atoms with Gasteiger partial charge in [-0.15, -0.1) is 0 Å². The number of esters is 7. The first kappa shape index (κ1) is 66.3. The van der Waals surface area contributed by atoms with E-state index >= 15 is 0 Å². The first-order valence-corrected chi connectivity index (χ1v) is 31.7. The Morgan fingerprint density at radius 2 is 1.17 bits per heavy atom. The van der Waals surface area contributed by atoms with E-state index in [2.05, 4.69) is 58.4 Å². The molecule has 13 fully saturated rings. The maximum atomic E-state index is 12.1. The van der Waals surface area contributed by atoms with Crippen molar-refractivity contribution in [1.29, 1.82) is 0 Å². The van der Waals surface area contributed by atoms with Crippen molar-refractivity contribution in [2.24, 2.45) is 47.3 Å². The van der Waals surface area contributed by atoms with Crippen molar-refractivity contribution in [1.82, 2.24) is 0 Å². The topological polar surface area (TPSA) is 268 Å². The molecule has 84 heavy (non-hydrogen) atoms. The fraction of sp³-hybridized carbons (Fsp3) is 0.734. The van der Waals surface area contributed by atoms with Gasteiger partial charge >= 0.3 is 41.8 Å². The quantitative estimate of drug-likeness (QED) is 0.0710. The zero-order valence-electron chi connectivity index (χ0n) is 50.8. The van der Waals surface area contributed by atoms with Gasteiger partial charge in [-0.1, -0.05) is 60.1 Å². The largest absolute Gasteiger partial charge is 0.463 e. The van der Waals surface area contributed by atoms with Gasteiger partial charge in [0.05, 0.1) is 23.1 Å². The number of carbonyl (C=O) groups excluding carboxylic acids is 7. The molecule has 2 aliphatic heterocycles. The molecule has 2 heterocycles. The zero-order valence-corrected chi connectivity index (χ0v) is 51.6. The molecular weight excluding hydrogens is 1100 g/mol. The van der Waals surface area contributed by atoms with Crippen molar-refractivity contribution in [3.63, 3.8) is 0 Å². The average Bonchev–Trinajstić information content (AvgIpc) is 4.23. The van der Waals surface area contributed by atoms with Crippen LogP contribution in [0.15, 0.2) is 60.8 Å². The lowest BCUT2D eigenvalue weighted by Gasteiger charge is -2.62. The van der Waals surface area contributed by atoms with Crippen LogP contribution in [-0.4, -0.2) is 125 Å². The summed E-state index contributed by atoms with van der Waals surface area (Å²) in [4.78, 5) is 79.9.